The molecule has 0 bridgehead atoms. The van der Waals surface area contributed by atoms with E-state index in [0.29, 0.717) is 6.04 Å². The topological polar surface area (TPSA) is 35.2 Å². The normalized spacial score (nSPS) is 20.2. The van der Waals surface area contributed by atoms with Crippen LogP contribution < -0.4 is 0 Å². The predicted octanol–water partition coefficient (Wildman–Crippen LogP) is 3.06. The highest BCUT2D eigenvalue weighted by Crippen LogP contribution is 2.29. The lowest BCUT2D eigenvalue weighted by atomic mass is 10.0. The molecular weight excluding hydrogens is 303 g/mol. The van der Waals surface area contributed by atoms with Gasteiger partial charge in [0.1, 0.15) is 5.82 Å². The Balaban J connectivity index is 1.51. The summed E-state index contributed by atoms with van der Waals surface area (Å²) in [5.41, 5.74) is 4.21. The van der Waals surface area contributed by atoms with Crippen LogP contribution in [0, 0.1) is 5.82 Å². The zero-order chi connectivity index (χ0) is 16.5. The SMILES string of the molecule is CC(CN1CCc2[nH]nc(-c3cccc(F)c3)c2C1)N1CCCC1. The smallest absolute Gasteiger partial charge is 0.123 e. The number of aromatic amines is 1. The Labute approximate surface area is 142 Å². The average molecular weight is 328 g/mol. The Hall–Kier alpha value is -1.72. The fourth-order valence-electron chi connectivity index (χ4n) is 4.05. The van der Waals surface area contributed by atoms with Crippen LogP contribution in [0.4, 0.5) is 4.39 Å². The van der Waals surface area contributed by atoms with Crippen LogP contribution in [0.1, 0.15) is 31.0 Å². The summed E-state index contributed by atoms with van der Waals surface area (Å²) in [5, 5.41) is 7.64. The molecule has 0 aliphatic carbocycles. The lowest BCUT2D eigenvalue weighted by molar-refractivity contribution is 0.161. The zero-order valence-electron chi connectivity index (χ0n) is 14.3. The maximum absolute atomic E-state index is 13.6. The standard InChI is InChI=1S/C19H25FN4/c1-14(24-8-2-3-9-24)12-23-10-7-18-17(13-23)19(22-21-18)15-5-4-6-16(20)11-15/h4-6,11,14H,2-3,7-10,12-13H2,1H3,(H,21,22). The molecule has 0 radical (unpaired) electrons. The van der Waals surface area contributed by atoms with E-state index >= 15 is 0 Å². The number of nitrogens with one attached hydrogen (secondary N) is 1. The van der Waals surface area contributed by atoms with Gasteiger partial charge >= 0.3 is 0 Å². The second kappa shape index (κ2) is 6.65. The molecular formula is C19H25FN4. The van der Waals surface area contributed by atoms with Crippen molar-refractivity contribution in [3.05, 3.63) is 41.3 Å². The Morgan fingerprint density at radius 2 is 2.08 bits per heavy atom. The quantitative estimate of drug-likeness (QED) is 0.937. The molecule has 2 aliphatic heterocycles. The van der Waals surface area contributed by atoms with Gasteiger partial charge in [-0.25, -0.2) is 4.39 Å². The van der Waals surface area contributed by atoms with Crippen molar-refractivity contribution in [2.24, 2.45) is 0 Å². The molecule has 1 aromatic heterocycles. The number of H-pyrrole nitrogens is 1. The van der Waals surface area contributed by atoms with Crippen LogP contribution in [0.2, 0.25) is 0 Å². The molecule has 1 saturated heterocycles. The van der Waals surface area contributed by atoms with E-state index in [1.165, 1.54) is 43.3 Å². The Morgan fingerprint density at radius 1 is 1.25 bits per heavy atom. The largest absolute Gasteiger partial charge is 0.299 e. The molecule has 1 aromatic carbocycles. The molecule has 4 nitrogen and oxygen atoms in total. The van der Waals surface area contributed by atoms with Crippen LogP contribution in [-0.2, 0) is 13.0 Å². The third-order valence-corrected chi connectivity index (χ3v) is 5.40. The van der Waals surface area contributed by atoms with E-state index in [1.54, 1.807) is 12.1 Å². The Morgan fingerprint density at radius 3 is 2.88 bits per heavy atom. The van der Waals surface area contributed by atoms with Crippen molar-refractivity contribution in [3.63, 3.8) is 0 Å². The van der Waals surface area contributed by atoms with Crippen LogP contribution in [0.15, 0.2) is 24.3 Å². The first-order valence-electron chi connectivity index (χ1n) is 8.99. The summed E-state index contributed by atoms with van der Waals surface area (Å²) in [6.45, 7) is 7.86. The number of halogens is 1. The third-order valence-electron chi connectivity index (χ3n) is 5.40. The van der Waals surface area contributed by atoms with E-state index in [2.05, 4.69) is 26.9 Å². The molecule has 0 saturated carbocycles. The van der Waals surface area contributed by atoms with Gasteiger partial charge in [-0.15, -0.1) is 0 Å². The lowest BCUT2D eigenvalue weighted by Crippen LogP contribution is -2.42. The van der Waals surface area contributed by atoms with E-state index in [-0.39, 0.29) is 5.82 Å². The summed E-state index contributed by atoms with van der Waals surface area (Å²) < 4.78 is 13.6. The van der Waals surface area contributed by atoms with Gasteiger partial charge in [0.2, 0.25) is 0 Å². The maximum Gasteiger partial charge on any atom is 0.123 e. The van der Waals surface area contributed by atoms with Gasteiger partial charge in [-0.3, -0.25) is 14.9 Å². The second-order valence-corrected chi connectivity index (χ2v) is 7.12. The highest BCUT2D eigenvalue weighted by atomic mass is 19.1. The first kappa shape index (κ1) is 15.8. The van der Waals surface area contributed by atoms with Crippen molar-refractivity contribution in [2.75, 3.05) is 26.2 Å². The van der Waals surface area contributed by atoms with E-state index in [0.717, 1.165) is 37.3 Å². The minimum absolute atomic E-state index is 0.209. The number of benzene rings is 1. The molecule has 1 N–H and O–H groups in total. The van der Waals surface area contributed by atoms with Gasteiger partial charge in [0.25, 0.3) is 0 Å². The Kier molecular flexibility index (Phi) is 4.37. The Bertz CT molecular complexity index is 705. The molecule has 0 amide bonds. The minimum atomic E-state index is -0.209. The van der Waals surface area contributed by atoms with Crippen molar-refractivity contribution >= 4 is 0 Å². The number of fused-ring (bicyclic) bond motifs is 1. The first-order chi connectivity index (χ1) is 11.7. The molecule has 24 heavy (non-hydrogen) atoms. The van der Waals surface area contributed by atoms with E-state index < -0.39 is 0 Å². The summed E-state index contributed by atoms with van der Waals surface area (Å²) in [5.74, 6) is -0.209. The van der Waals surface area contributed by atoms with Gasteiger partial charge in [-0.05, 0) is 45.0 Å². The molecule has 128 valence electrons. The second-order valence-electron chi connectivity index (χ2n) is 7.12. The molecule has 3 heterocycles. The summed E-state index contributed by atoms with van der Waals surface area (Å²) in [7, 11) is 0. The fraction of sp³-hybridized carbons (Fsp3) is 0.526. The number of aromatic nitrogens is 2. The third kappa shape index (κ3) is 3.10. The number of likely N-dealkylation sites (tertiary alicyclic amines) is 1. The van der Waals surface area contributed by atoms with E-state index in [1.807, 2.05) is 6.07 Å². The van der Waals surface area contributed by atoms with Gasteiger partial charge in [-0.1, -0.05) is 12.1 Å². The summed E-state index contributed by atoms with van der Waals surface area (Å²) in [6.07, 6.45) is 3.66. The van der Waals surface area contributed by atoms with Crippen LogP contribution >= 0.6 is 0 Å². The van der Waals surface area contributed by atoms with E-state index in [4.69, 9.17) is 0 Å². The molecule has 1 unspecified atom stereocenters. The van der Waals surface area contributed by atoms with Gasteiger partial charge in [0, 0.05) is 48.9 Å². The van der Waals surface area contributed by atoms with E-state index in [9.17, 15) is 4.39 Å². The molecule has 1 fully saturated rings. The first-order valence-corrected chi connectivity index (χ1v) is 8.99. The lowest BCUT2D eigenvalue weighted by Gasteiger charge is -2.33. The molecule has 2 aromatic rings. The van der Waals surface area contributed by atoms with Crippen LogP contribution in [0.25, 0.3) is 11.3 Å². The molecule has 4 rings (SSSR count). The summed E-state index contributed by atoms with van der Waals surface area (Å²) >= 11 is 0. The monoisotopic (exact) mass is 328 g/mol. The summed E-state index contributed by atoms with van der Waals surface area (Å²) in [6, 6.07) is 7.33. The van der Waals surface area contributed by atoms with Crippen molar-refractivity contribution < 1.29 is 4.39 Å². The number of hydrogen-bond donors (Lipinski definition) is 1. The van der Waals surface area contributed by atoms with Crippen molar-refractivity contribution in [1.82, 2.24) is 20.0 Å². The number of hydrogen-bond acceptors (Lipinski definition) is 3. The maximum atomic E-state index is 13.6. The van der Waals surface area contributed by atoms with Gasteiger partial charge < -0.3 is 0 Å². The van der Waals surface area contributed by atoms with Crippen LogP contribution in [0.3, 0.4) is 0 Å². The van der Waals surface area contributed by atoms with Crippen molar-refractivity contribution in [1.29, 1.82) is 0 Å². The highest BCUT2D eigenvalue weighted by Gasteiger charge is 2.26. The van der Waals surface area contributed by atoms with Crippen LogP contribution in [-0.4, -0.2) is 52.2 Å². The molecule has 2 aliphatic rings. The average Bonchev–Trinajstić information content (AvgIpc) is 3.24. The fourth-order valence-corrected chi connectivity index (χ4v) is 4.05. The zero-order valence-corrected chi connectivity index (χ0v) is 14.3. The van der Waals surface area contributed by atoms with Crippen molar-refractivity contribution in [2.45, 2.75) is 38.8 Å². The highest BCUT2D eigenvalue weighted by molar-refractivity contribution is 5.64. The minimum Gasteiger partial charge on any atom is -0.299 e. The van der Waals surface area contributed by atoms with Gasteiger partial charge in [0.15, 0.2) is 0 Å². The van der Waals surface area contributed by atoms with Crippen LogP contribution in [0.5, 0.6) is 0 Å². The summed E-state index contributed by atoms with van der Waals surface area (Å²) in [4.78, 5) is 5.11. The predicted molar refractivity (Wildman–Crippen MR) is 93.2 cm³/mol. The van der Waals surface area contributed by atoms with Gasteiger partial charge in [-0.2, -0.15) is 5.10 Å². The van der Waals surface area contributed by atoms with Gasteiger partial charge in [0.05, 0.1) is 5.69 Å². The van der Waals surface area contributed by atoms with Crippen molar-refractivity contribution in [3.8, 4) is 11.3 Å². The molecule has 5 heteroatoms. The number of nitrogens with zero attached hydrogens (tertiary/aromatic N) is 3. The molecule has 0 spiro atoms. The number of rotatable bonds is 4. The molecule has 1 atom stereocenters.